The lowest BCUT2D eigenvalue weighted by Crippen LogP contribution is -2.25. The molecule has 1 nitrogen and oxygen atoms in total. The third kappa shape index (κ3) is 2.77. The maximum absolute atomic E-state index is 12.4. The van der Waals surface area contributed by atoms with Crippen molar-refractivity contribution in [1.29, 1.82) is 0 Å². The van der Waals surface area contributed by atoms with E-state index in [2.05, 4.69) is 6.92 Å². The number of carbonyl (C=O) groups is 1. The molecule has 2 fully saturated rings. The fourth-order valence-corrected chi connectivity index (χ4v) is 4.09. The minimum absolute atomic E-state index is 0.408. The average molecular weight is 226 g/mol. The molecule has 0 aromatic heterocycles. The van der Waals surface area contributed by atoms with Crippen molar-refractivity contribution in [2.45, 2.75) is 45.4 Å². The topological polar surface area (TPSA) is 17.1 Å². The lowest BCUT2D eigenvalue weighted by atomic mass is 9.83. The second kappa shape index (κ2) is 5.38. The molecule has 1 aliphatic heterocycles. The molecular weight excluding hydrogens is 204 g/mol. The summed E-state index contributed by atoms with van der Waals surface area (Å²) in [5.74, 6) is 4.57. The SMILES string of the molecule is CC1CCCC1C(=O)C1CCCSCC1. The maximum Gasteiger partial charge on any atom is 0.139 e. The molecule has 0 spiro atoms. The number of rotatable bonds is 2. The zero-order valence-electron chi connectivity index (χ0n) is 9.71. The minimum Gasteiger partial charge on any atom is -0.299 e. The zero-order valence-corrected chi connectivity index (χ0v) is 10.5. The summed E-state index contributed by atoms with van der Waals surface area (Å²) in [5.41, 5.74) is 0. The van der Waals surface area contributed by atoms with Crippen molar-refractivity contribution >= 4 is 17.5 Å². The Bertz CT molecular complexity index is 219. The van der Waals surface area contributed by atoms with E-state index in [1.54, 1.807) is 0 Å². The van der Waals surface area contributed by atoms with Crippen molar-refractivity contribution in [2.75, 3.05) is 11.5 Å². The quantitative estimate of drug-likeness (QED) is 0.716. The largest absolute Gasteiger partial charge is 0.299 e. The molecule has 0 N–H and O–H groups in total. The Morgan fingerprint density at radius 3 is 2.67 bits per heavy atom. The van der Waals surface area contributed by atoms with E-state index >= 15 is 0 Å². The summed E-state index contributed by atoms with van der Waals surface area (Å²) in [6.07, 6.45) is 7.28. The summed E-state index contributed by atoms with van der Waals surface area (Å²) in [4.78, 5) is 12.4. The third-order valence-corrected chi connectivity index (χ3v) is 5.18. The highest BCUT2D eigenvalue weighted by atomic mass is 32.2. The van der Waals surface area contributed by atoms with Crippen molar-refractivity contribution in [3.63, 3.8) is 0 Å². The van der Waals surface area contributed by atoms with E-state index in [-0.39, 0.29) is 0 Å². The number of hydrogen-bond acceptors (Lipinski definition) is 2. The molecule has 0 bridgehead atoms. The van der Waals surface area contributed by atoms with Gasteiger partial charge in [0, 0.05) is 11.8 Å². The van der Waals surface area contributed by atoms with Crippen molar-refractivity contribution in [2.24, 2.45) is 17.8 Å². The smallest absolute Gasteiger partial charge is 0.139 e. The number of Topliss-reactive ketones (excluding diaryl/α,β-unsaturated/α-hetero) is 1. The van der Waals surface area contributed by atoms with Crippen LogP contribution in [0.5, 0.6) is 0 Å². The predicted octanol–water partition coefficient (Wildman–Crippen LogP) is 3.53. The van der Waals surface area contributed by atoms with Gasteiger partial charge in [0.2, 0.25) is 0 Å². The van der Waals surface area contributed by atoms with Crippen LogP contribution in [-0.2, 0) is 4.79 Å². The van der Waals surface area contributed by atoms with E-state index in [0.717, 1.165) is 12.8 Å². The first-order valence-corrected chi connectivity index (χ1v) is 7.56. The Morgan fingerprint density at radius 1 is 1.07 bits per heavy atom. The molecule has 0 aromatic carbocycles. The molecule has 15 heavy (non-hydrogen) atoms. The molecule has 2 heteroatoms. The molecule has 1 saturated carbocycles. The highest BCUT2D eigenvalue weighted by Crippen LogP contribution is 2.36. The molecule has 3 atom stereocenters. The van der Waals surface area contributed by atoms with Crippen LogP contribution in [-0.4, -0.2) is 17.3 Å². The molecular formula is C13H22OS. The van der Waals surface area contributed by atoms with Crippen LogP contribution in [0.15, 0.2) is 0 Å². The van der Waals surface area contributed by atoms with Gasteiger partial charge in [-0.05, 0) is 49.5 Å². The van der Waals surface area contributed by atoms with Gasteiger partial charge in [0.05, 0.1) is 0 Å². The molecule has 2 aliphatic rings. The van der Waals surface area contributed by atoms with Gasteiger partial charge in [-0.15, -0.1) is 0 Å². The van der Waals surface area contributed by atoms with Crippen LogP contribution in [0.3, 0.4) is 0 Å². The molecule has 86 valence electrons. The summed E-state index contributed by atoms with van der Waals surface area (Å²) in [5, 5.41) is 0. The highest BCUT2D eigenvalue weighted by molar-refractivity contribution is 7.99. The van der Waals surface area contributed by atoms with Gasteiger partial charge in [0.1, 0.15) is 5.78 Å². The number of hydrogen-bond donors (Lipinski definition) is 0. The van der Waals surface area contributed by atoms with E-state index in [0.29, 0.717) is 23.5 Å². The fraction of sp³-hybridized carbons (Fsp3) is 0.923. The lowest BCUT2D eigenvalue weighted by molar-refractivity contribution is -0.128. The molecule has 0 radical (unpaired) electrons. The van der Waals surface area contributed by atoms with Crippen molar-refractivity contribution in [1.82, 2.24) is 0 Å². The summed E-state index contributed by atoms with van der Waals surface area (Å²) >= 11 is 2.03. The van der Waals surface area contributed by atoms with E-state index in [1.807, 2.05) is 11.8 Å². The van der Waals surface area contributed by atoms with Crippen molar-refractivity contribution in [3.05, 3.63) is 0 Å². The van der Waals surface area contributed by atoms with Crippen LogP contribution in [0.2, 0.25) is 0 Å². The van der Waals surface area contributed by atoms with Gasteiger partial charge in [-0.2, -0.15) is 11.8 Å². The molecule has 1 saturated heterocycles. The normalized spacial score (nSPS) is 37.5. The number of thioether (sulfide) groups is 1. The first-order chi connectivity index (χ1) is 7.29. The molecule has 3 unspecified atom stereocenters. The standard InChI is InChI=1S/C13H22OS/c1-10-4-2-6-12(10)13(14)11-5-3-8-15-9-7-11/h10-12H,2-9H2,1H3. The zero-order chi connectivity index (χ0) is 10.7. The first kappa shape index (κ1) is 11.5. The van der Waals surface area contributed by atoms with Crippen molar-refractivity contribution < 1.29 is 4.79 Å². The van der Waals surface area contributed by atoms with Crippen LogP contribution in [0.1, 0.15) is 45.4 Å². The van der Waals surface area contributed by atoms with E-state index in [4.69, 9.17) is 0 Å². The molecule has 1 aliphatic carbocycles. The molecule has 0 aromatic rings. The minimum atomic E-state index is 0.408. The monoisotopic (exact) mass is 226 g/mol. The molecule has 2 rings (SSSR count). The second-order valence-corrected chi connectivity index (χ2v) is 6.38. The molecule has 0 amide bonds. The first-order valence-electron chi connectivity index (χ1n) is 6.40. The summed E-state index contributed by atoms with van der Waals surface area (Å²) in [6, 6.07) is 0. The van der Waals surface area contributed by atoms with Gasteiger partial charge in [-0.25, -0.2) is 0 Å². The second-order valence-electron chi connectivity index (χ2n) is 5.16. The van der Waals surface area contributed by atoms with Crippen LogP contribution in [0.4, 0.5) is 0 Å². The maximum atomic E-state index is 12.4. The Balaban J connectivity index is 1.93. The van der Waals surface area contributed by atoms with Crippen LogP contribution >= 0.6 is 11.8 Å². The van der Waals surface area contributed by atoms with E-state index < -0.39 is 0 Å². The van der Waals surface area contributed by atoms with Gasteiger partial charge >= 0.3 is 0 Å². The Morgan fingerprint density at radius 2 is 1.93 bits per heavy atom. The number of carbonyl (C=O) groups excluding carboxylic acids is 1. The van der Waals surface area contributed by atoms with E-state index in [9.17, 15) is 4.79 Å². The fourth-order valence-electron chi connectivity index (χ4n) is 3.06. The summed E-state index contributed by atoms with van der Waals surface area (Å²) < 4.78 is 0. The average Bonchev–Trinajstić information content (AvgIpc) is 2.53. The van der Waals surface area contributed by atoms with Crippen LogP contribution in [0.25, 0.3) is 0 Å². The summed E-state index contributed by atoms with van der Waals surface area (Å²) in [7, 11) is 0. The van der Waals surface area contributed by atoms with Crippen molar-refractivity contribution in [3.8, 4) is 0 Å². The van der Waals surface area contributed by atoms with Gasteiger partial charge in [0.25, 0.3) is 0 Å². The van der Waals surface area contributed by atoms with Gasteiger partial charge in [-0.1, -0.05) is 13.3 Å². The predicted molar refractivity (Wildman–Crippen MR) is 66.2 cm³/mol. The van der Waals surface area contributed by atoms with Gasteiger partial charge < -0.3 is 0 Å². The Labute approximate surface area is 97.4 Å². The van der Waals surface area contributed by atoms with Crippen LogP contribution in [0, 0.1) is 17.8 Å². The van der Waals surface area contributed by atoms with Gasteiger partial charge in [0.15, 0.2) is 0 Å². The Hall–Kier alpha value is 0.0200. The third-order valence-electron chi connectivity index (χ3n) is 4.08. The van der Waals surface area contributed by atoms with E-state index in [1.165, 1.54) is 37.2 Å². The molecule has 1 heterocycles. The summed E-state index contributed by atoms with van der Waals surface area (Å²) in [6.45, 7) is 2.26. The number of ketones is 1. The highest BCUT2D eigenvalue weighted by Gasteiger charge is 2.33. The lowest BCUT2D eigenvalue weighted by Gasteiger charge is -2.20. The Kier molecular flexibility index (Phi) is 4.13. The van der Waals surface area contributed by atoms with Gasteiger partial charge in [-0.3, -0.25) is 4.79 Å². The van der Waals surface area contributed by atoms with Crippen LogP contribution < -0.4 is 0 Å².